The lowest BCUT2D eigenvalue weighted by atomic mass is 10.1. The quantitative estimate of drug-likeness (QED) is 0.348. The molecule has 3 aromatic rings. The Morgan fingerprint density at radius 2 is 1.69 bits per heavy atom. The van der Waals surface area contributed by atoms with Gasteiger partial charge < -0.3 is 9.88 Å². The fourth-order valence-electron chi connectivity index (χ4n) is 4.18. The number of anilines is 1. The molecule has 0 saturated carbocycles. The monoisotopic (exact) mass is 501 g/mol. The topological polar surface area (TPSA) is 72.4 Å². The van der Waals surface area contributed by atoms with Gasteiger partial charge in [-0.25, -0.2) is 5.48 Å². The van der Waals surface area contributed by atoms with Crippen molar-refractivity contribution in [2.75, 3.05) is 12.4 Å². The molecule has 0 spiro atoms. The average molecular weight is 502 g/mol. The summed E-state index contributed by atoms with van der Waals surface area (Å²) in [6.45, 7) is 3.85. The van der Waals surface area contributed by atoms with E-state index >= 15 is 0 Å². The minimum absolute atomic E-state index is 0.0707. The van der Waals surface area contributed by atoms with Crippen LogP contribution in [0.2, 0.25) is 0 Å². The normalized spacial score (nSPS) is 11.5. The van der Waals surface area contributed by atoms with E-state index in [-0.39, 0.29) is 18.2 Å². The van der Waals surface area contributed by atoms with Gasteiger partial charge in [0.05, 0.1) is 24.8 Å². The van der Waals surface area contributed by atoms with Gasteiger partial charge >= 0.3 is 6.18 Å². The van der Waals surface area contributed by atoms with Crippen molar-refractivity contribution >= 4 is 17.5 Å². The number of amides is 2. The number of carbonyl (C=O) groups is 2. The van der Waals surface area contributed by atoms with Gasteiger partial charge in [-0.05, 0) is 68.5 Å². The third-order valence-electron chi connectivity index (χ3n) is 5.71. The molecule has 3 rings (SSSR count). The molecule has 0 unspecified atom stereocenters. The van der Waals surface area contributed by atoms with Crippen LogP contribution in [0.1, 0.15) is 59.2 Å². The number of hydroxylamine groups is 1. The Bertz CT molecular complexity index is 1190. The molecule has 0 aliphatic rings. The van der Waals surface area contributed by atoms with Crippen molar-refractivity contribution in [3.8, 4) is 0 Å². The molecule has 36 heavy (non-hydrogen) atoms. The molecular weight excluding hydrogens is 471 g/mol. The molecule has 2 N–H and O–H groups in total. The fraction of sp³-hybridized carbons (Fsp3) is 0.333. The van der Waals surface area contributed by atoms with Crippen LogP contribution in [0.3, 0.4) is 0 Å². The lowest BCUT2D eigenvalue weighted by Crippen LogP contribution is -2.24. The molecule has 0 bridgehead atoms. The molecule has 192 valence electrons. The van der Waals surface area contributed by atoms with Crippen molar-refractivity contribution < 1.29 is 27.6 Å². The molecule has 0 radical (unpaired) electrons. The van der Waals surface area contributed by atoms with Gasteiger partial charge in [0.1, 0.15) is 5.69 Å². The Morgan fingerprint density at radius 3 is 2.33 bits per heavy atom. The van der Waals surface area contributed by atoms with E-state index < -0.39 is 29.2 Å². The van der Waals surface area contributed by atoms with Gasteiger partial charge in [-0.2, -0.15) is 13.2 Å². The van der Waals surface area contributed by atoms with E-state index in [0.717, 1.165) is 31.0 Å². The first-order valence-electron chi connectivity index (χ1n) is 11.7. The van der Waals surface area contributed by atoms with Gasteiger partial charge in [0, 0.05) is 11.7 Å². The van der Waals surface area contributed by atoms with Gasteiger partial charge in [0.25, 0.3) is 5.91 Å². The molecule has 0 saturated heterocycles. The van der Waals surface area contributed by atoms with E-state index in [1.807, 2.05) is 42.7 Å². The summed E-state index contributed by atoms with van der Waals surface area (Å²) in [5.41, 5.74) is 3.46. The minimum Gasteiger partial charge on any atom is -0.338 e. The predicted molar refractivity (Wildman–Crippen MR) is 132 cm³/mol. The van der Waals surface area contributed by atoms with Gasteiger partial charge in [-0.15, -0.1) is 0 Å². The standard InChI is InChI=1S/C27H30F3N3O3/c1-18(2)33-21(11-7-10-19-8-5-4-6-9-19)13-15-24(33)26(35)31-23-16-20(17-25(34)32-36-3)12-14-22(23)27(28,29)30/h4-6,8-9,12-16,18H,7,10-11,17H2,1-3H3,(H,31,35)(H,32,34). The van der Waals surface area contributed by atoms with Gasteiger partial charge in [0.15, 0.2) is 0 Å². The van der Waals surface area contributed by atoms with Crippen LogP contribution in [0.5, 0.6) is 0 Å². The maximum absolute atomic E-state index is 13.7. The fourth-order valence-corrected chi connectivity index (χ4v) is 4.18. The van der Waals surface area contributed by atoms with Crippen LogP contribution in [0, 0.1) is 0 Å². The number of benzene rings is 2. The lowest BCUT2D eigenvalue weighted by molar-refractivity contribution is -0.136. The van der Waals surface area contributed by atoms with Gasteiger partial charge in [-0.1, -0.05) is 36.4 Å². The highest BCUT2D eigenvalue weighted by Crippen LogP contribution is 2.36. The summed E-state index contributed by atoms with van der Waals surface area (Å²) in [6, 6.07) is 16.7. The van der Waals surface area contributed by atoms with E-state index in [2.05, 4.69) is 27.8 Å². The first kappa shape index (κ1) is 27.0. The zero-order valence-electron chi connectivity index (χ0n) is 20.5. The average Bonchev–Trinajstić information content (AvgIpc) is 3.24. The maximum atomic E-state index is 13.7. The van der Waals surface area contributed by atoms with Crippen molar-refractivity contribution in [3.63, 3.8) is 0 Å². The van der Waals surface area contributed by atoms with Crippen LogP contribution in [0.15, 0.2) is 60.7 Å². The third kappa shape index (κ3) is 6.97. The van der Waals surface area contributed by atoms with Gasteiger partial charge in [-0.3, -0.25) is 14.4 Å². The second kappa shape index (κ2) is 11.9. The Balaban J connectivity index is 1.82. The molecule has 9 heteroatoms. The van der Waals surface area contributed by atoms with Crippen molar-refractivity contribution in [1.82, 2.24) is 10.0 Å². The zero-order valence-corrected chi connectivity index (χ0v) is 20.5. The summed E-state index contributed by atoms with van der Waals surface area (Å²) in [4.78, 5) is 29.5. The summed E-state index contributed by atoms with van der Waals surface area (Å²) >= 11 is 0. The van der Waals surface area contributed by atoms with E-state index in [0.29, 0.717) is 5.56 Å². The van der Waals surface area contributed by atoms with Crippen LogP contribution in [0.4, 0.5) is 18.9 Å². The molecule has 2 amide bonds. The molecule has 0 fully saturated rings. The molecule has 0 aliphatic carbocycles. The Labute approximate surface area is 208 Å². The molecule has 0 atom stereocenters. The van der Waals surface area contributed by atoms with Crippen molar-refractivity contribution in [2.45, 2.75) is 51.7 Å². The van der Waals surface area contributed by atoms with E-state index in [9.17, 15) is 22.8 Å². The maximum Gasteiger partial charge on any atom is 0.418 e. The number of nitrogens with zero attached hydrogens (tertiary/aromatic N) is 1. The van der Waals surface area contributed by atoms with Crippen molar-refractivity contribution in [1.29, 1.82) is 0 Å². The number of halogens is 3. The molecule has 1 heterocycles. The summed E-state index contributed by atoms with van der Waals surface area (Å²) in [5.74, 6) is -1.18. The van der Waals surface area contributed by atoms with Crippen molar-refractivity contribution in [2.24, 2.45) is 0 Å². The zero-order chi connectivity index (χ0) is 26.3. The van der Waals surface area contributed by atoms with Crippen molar-refractivity contribution in [3.05, 3.63) is 88.7 Å². The molecular formula is C27H30F3N3O3. The molecule has 1 aromatic heterocycles. The lowest BCUT2D eigenvalue weighted by Gasteiger charge is -2.19. The number of carbonyl (C=O) groups excluding carboxylic acids is 2. The highest BCUT2D eigenvalue weighted by molar-refractivity contribution is 6.04. The Morgan fingerprint density at radius 1 is 0.972 bits per heavy atom. The van der Waals surface area contributed by atoms with E-state index in [4.69, 9.17) is 0 Å². The highest BCUT2D eigenvalue weighted by Gasteiger charge is 2.34. The van der Waals surface area contributed by atoms with Crippen LogP contribution in [-0.4, -0.2) is 23.5 Å². The summed E-state index contributed by atoms with van der Waals surface area (Å²) < 4.78 is 42.8. The van der Waals surface area contributed by atoms with Crippen LogP contribution >= 0.6 is 0 Å². The number of rotatable bonds is 10. The van der Waals surface area contributed by atoms with Gasteiger partial charge in [0.2, 0.25) is 5.91 Å². The smallest absolute Gasteiger partial charge is 0.338 e. The number of hydrogen-bond donors (Lipinski definition) is 2. The summed E-state index contributed by atoms with van der Waals surface area (Å²) in [7, 11) is 1.26. The Hall–Kier alpha value is -3.59. The second-order valence-electron chi connectivity index (χ2n) is 8.75. The number of hydrogen-bond acceptors (Lipinski definition) is 3. The number of aromatic nitrogens is 1. The number of aryl methyl sites for hydroxylation is 2. The summed E-state index contributed by atoms with van der Waals surface area (Å²) in [5, 5.41) is 2.43. The SMILES string of the molecule is CONC(=O)Cc1ccc(C(F)(F)F)c(NC(=O)c2ccc(CCCc3ccccc3)n2C(C)C)c1. The first-order chi connectivity index (χ1) is 17.1. The van der Waals surface area contributed by atoms with Crippen LogP contribution in [0.25, 0.3) is 0 Å². The predicted octanol–water partition coefficient (Wildman–Crippen LogP) is 5.74. The largest absolute Gasteiger partial charge is 0.418 e. The summed E-state index contributed by atoms with van der Waals surface area (Å²) in [6.07, 6.45) is -2.42. The highest BCUT2D eigenvalue weighted by atomic mass is 19.4. The van der Waals surface area contributed by atoms with Crippen LogP contribution in [-0.2, 0) is 35.1 Å². The minimum atomic E-state index is -4.68. The second-order valence-corrected chi connectivity index (χ2v) is 8.75. The molecule has 0 aliphatic heterocycles. The van der Waals surface area contributed by atoms with E-state index in [1.54, 1.807) is 6.07 Å². The molecule has 6 nitrogen and oxygen atoms in total. The number of alkyl halides is 3. The third-order valence-corrected chi connectivity index (χ3v) is 5.71. The first-order valence-corrected chi connectivity index (χ1v) is 11.7. The van der Waals surface area contributed by atoms with E-state index in [1.165, 1.54) is 24.8 Å². The van der Waals surface area contributed by atoms with Crippen LogP contribution < -0.4 is 10.8 Å². The Kier molecular flexibility index (Phi) is 8.93. The molecule has 2 aromatic carbocycles. The number of nitrogens with one attached hydrogen (secondary N) is 2.